The van der Waals surface area contributed by atoms with Gasteiger partial charge in [-0.25, -0.2) is 0 Å². The van der Waals surface area contributed by atoms with E-state index in [1.165, 1.54) is 0 Å². The topological polar surface area (TPSA) is 49.4 Å². The highest BCUT2D eigenvalue weighted by molar-refractivity contribution is 7.81. The van der Waals surface area contributed by atoms with Crippen LogP contribution in [0.1, 0.15) is 26.7 Å². The third-order valence-corrected chi connectivity index (χ3v) is 2.76. The first kappa shape index (κ1) is 12.4. The Morgan fingerprint density at radius 2 is 1.80 bits per heavy atom. The van der Waals surface area contributed by atoms with Crippen LogP contribution in [-0.4, -0.2) is 41.1 Å². The molecule has 1 aliphatic rings. The maximum atomic E-state index is 11.8. The molecule has 0 bridgehead atoms. The maximum absolute atomic E-state index is 11.8. The van der Waals surface area contributed by atoms with Crippen molar-refractivity contribution < 1.29 is 9.59 Å². The SMILES string of the molecule is CC(S)C(=O)NC(C)C(=O)N1CCCC1. The lowest BCUT2D eigenvalue weighted by Gasteiger charge is -2.21. The van der Waals surface area contributed by atoms with Crippen molar-refractivity contribution in [3.8, 4) is 0 Å². The fraction of sp³-hybridized carbons (Fsp3) is 0.800. The van der Waals surface area contributed by atoms with Gasteiger partial charge in [0.05, 0.1) is 5.25 Å². The summed E-state index contributed by atoms with van der Waals surface area (Å²) in [5, 5.41) is 2.27. The molecule has 1 saturated heterocycles. The van der Waals surface area contributed by atoms with Gasteiger partial charge in [-0.2, -0.15) is 12.6 Å². The first-order valence-electron chi connectivity index (χ1n) is 5.29. The van der Waals surface area contributed by atoms with Crippen molar-refractivity contribution in [3.63, 3.8) is 0 Å². The minimum absolute atomic E-state index is 0.00910. The zero-order chi connectivity index (χ0) is 11.4. The van der Waals surface area contributed by atoms with Gasteiger partial charge in [0, 0.05) is 13.1 Å². The van der Waals surface area contributed by atoms with Gasteiger partial charge in [0.15, 0.2) is 0 Å². The zero-order valence-electron chi connectivity index (χ0n) is 9.19. The van der Waals surface area contributed by atoms with Gasteiger partial charge >= 0.3 is 0 Å². The van der Waals surface area contributed by atoms with E-state index in [2.05, 4.69) is 17.9 Å². The molecular weight excluding hydrogens is 212 g/mol. The van der Waals surface area contributed by atoms with E-state index < -0.39 is 6.04 Å². The highest BCUT2D eigenvalue weighted by atomic mass is 32.1. The Bertz CT molecular complexity index is 250. The molecule has 1 rings (SSSR count). The summed E-state index contributed by atoms with van der Waals surface area (Å²) < 4.78 is 0. The molecule has 2 atom stereocenters. The molecule has 2 amide bonds. The summed E-state index contributed by atoms with van der Waals surface area (Å²) in [5.41, 5.74) is 0. The number of rotatable bonds is 3. The minimum Gasteiger partial charge on any atom is -0.344 e. The van der Waals surface area contributed by atoms with E-state index in [4.69, 9.17) is 0 Å². The van der Waals surface area contributed by atoms with Crippen LogP contribution in [0.15, 0.2) is 0 Å². The number of carbonyl (C=O) groups is 2. The molecule has 0 saturated carbocycles. The number of nitrogens with one attached hydrogen (secondary N) is 1. The summed E-state index contributed by atoms with van der Waals surface area (Å²) in [5.74, 6) is -0.187. The summed E-state index contributed by atoms with van der Waals surface area (Å²) in [4.78, 5) is 24.9. The summed E-state index contributed by atoms with van der Waals surface area (Å²) >= 11 is 4.01. The second-order valence-corrected chi connectivity index (χ2v) is 4.71. The molecule has 0 aromatic rings. The average Bonchev–Trinajstić information content (AvgIpc) is 2.68. The van der Waals surface area contributed by atoms with Crippen LogP contribution in [0.3, 0.4) is 0 Å². The summed E-state index contributed by atoms with van der Waals surface area (Å²) in [6.07, 6.45) is 2.13. The van der Waals surface area contributed by atoms with Crippen molar-refractivity contribution in [2.75, 3.05) is 13.1 Å². The van der Waals surface area contributed by atoms with Gasteiger partial charge in [-0.15, -0.1) is 0 Å². The second-order valence-electron chi connectivity index (χ2n) is 3.94. The quantitative estimate of drug-likeness (QED) is 0.691. The first-order valence-corrected chi connectivity index (χ1v) is 5.81. The van der Waals surface area contributed by atoms with Gasteiger partial charge in [-0.3, -0.25) is 9.59 Å². The molecule has 0 aromatic carbocycles. The van der Waals surface area contributed by atoms with Crippen LogP contribution in [0, 0.1) is 0 Å². The fourth-order valence-electron chi connectivity index (χ4n) is 1.61. The van der Waals surface area contributed by atoms with Crippen LogP contribution in [-0.2, 0) is 9.59 Å². The number of likely N-dealkylation sites (tertiary alicyclic amines) is 1. The van der Waals surface area contributed by atoms with Crippen molar-refractivity contribution in [1.82, 2.24) is 10.2 Å². The molecule has 0 radical (unpaired) electrons. The number of nitrogens with zero attached hydrogens (tertiary/aromatic N) is 1. The standard InChI is InChI=1S/C10H18N2O2S/c1-7(11-9(13)8(2)15)10(14)12-5-3-4-6-12/h7-8,15H,3-6H2,1-2H3,(H,11,13). The van der Waals surface area contributed by atoms with Crippen LogP contribution in [0.2, 0.25) is 0 Å². The average molecular weight is 230 g/mol. The van der Waals surface area contributed by atoms with Crippen LogP contribution < -0.4 is 5.32 Å². The summed E-state index contributed by atoms with van der Waals surface area (Å²) in [6.45, 7) is 5.03. The van der Waals surface area contributed by atoms with Gasteiger partial charge in [0.25, 0.3) is 0 Å². The summed E-state index contributed by atoms with van der Waals surface area (Å²) in [6, 6.07) is -0.440. The zero-order valence-corrected chi connectivity index (χ0v) is 10.1. The monoisotopic (exact) mass is 230 g/mol. The maximum Gasteiger partial charge on any atom is 0.244 e. The Kier molecular flexibility index (Phi) is 4.45. The predicted octanol–water partition coefficient (Wildman–Crippen LogP) is 0.432. The Hall–Kier alpha value is -0.710. The first-order chi connectivity index (χ1) is 7.02. The number of hydrogen-bond acceptors (Lipinski definition) is 3. The van der Waals surface area contributed by atoms with E-state index in [1.54, 1.807) is 18.7 Å². The van der Waals surface area contributed by atoms with E-state index in [9.17, 15) is 9.59 Å². The molecule has 5 heteroatoms. The third-order valence-electron chi connectivity index (χ3n) is 2.53. The van der Waals surface area contributed by atoms with E-state index in [0.717, 1.165) is 25.9 Å². The predicted molar refractivity (Wildman–Crippen MR) is 61.9 cm³/mol. The van der Waals surface area contributed by atoms with Crippen LogP contribution in [0.4, 0.5) is 0 Å². The molecule has 86 valence electrons. The van der Waals surface area contributed by atoms with E-state index in [0.29, 0.717) is 0 Å². The van der Waals surface area contributed by atoms with Crippen molar-refractivity contribution in [1.29, 1.82) is 0 Å². The molecule has 0 aromatic heterocycles. The normalized spacial score (nSPS) is 19.8. The molecule has 15 heavy (non-hydrogen) atoms. The van der Waals surface area contributed by atoms with Gasteiger partial charge in [-0.1, -0.05) is 0 Å². The highest BCUT2D eigenvalue weighted by Crippen LogP contribution is 2.09. The van der Waals surface area contributed by atoms with Crippen molar-refractivity contribution in [2.45, 2.75) is 38.0 Å². The van der Waals surface area contributed by atoms with Gasteiger partial charge in [0.2, 0.25) is 11.8 Å². The Morgan fingerprint density at radius 3 is 2.27 bits per heavy atom. The van der Waals surface area contributed by atoms with Crippen LogP contribution in [0.5, 0.6) is 0 Å². The van der Waals surface area contributed by atoms with Crippen LogP contribution >= 0.6 is 12.6 Å². The van der Waals surface area contributed by atoms with Crippen LogP contribution in [0.25, 0.3) is 0 Å². The number of amides is 2. The van der Waals surface area contributed by atoms with Crippen molar-refractivity contribution in [2.24, 2.45) is 0 Å². The number of carbonyl (C=O) groups excluding carboxylic acids is 2. The fourth-order valence-corrected chi connectivity index (χ4v) is 1.68. The molecule has 1 N–H and O–H groups in total. The van der Waals surface area contributed by atoms with Gasteiger partial charge in [-0.05, 0) is 26.7 Å². The highest BCUT2D eigenvalue weighted by Gasteiger charge is 2.24. The molecule has 1 aliphatic heterocycles. The smallest absolute Gasteiger partial charge is 0.244 e. The number of thiol groups is 1. The Morgan fingerprint density at radius 1 is 1.27 bits per heavy atom. The molecular formula is C10H18N2O2S. The Labute approximate surface area is 95.8 Å². The lowest BCUT2D eigenvalue weighted by molar-refractivity contribution is -0.134. The molecule has 1 heterocycles. The molecule has 0 spiro atoms. The van der Waals surface area contributed by atoms with Gasteiger partial charge in [0.1, 0.15) is 6.04 Å². The summed E-state index contributed by atoms with van der Waals surface area (Å²) in [7, 11) is 0. The molecule has 0 aliphatic carbocycles. The third kappa shape index (κ3) is 3.41. The van der Waals surface area contributed by atoms with E-state index >= 15 is 0 Å². The number of hydrogen-bond donors (Lipinski definition) is 2. The second kappa shape index (κ2) is 5.39. The molecule has 1 fully saturated rings. The van der Waals surface area contributed by atoms with E-state index in [-0.39, 0.29) is 17.1 Å². The molecule has 4 nitrogen and oxygen atoms in total. The van der Waals surface area contributed by atoms with E-state index in [1.807, 2.05) is 0 Å². The lowest BCUT2D eigenvalue weighted by atomic mass is 10.2. The van der Waals surface area contributed by atoms with Crippen molar-refractivity contribution >= 4 is 24.4 Å². The Balaban J connectivity index is 2.42. The lowest BCUT2D eigenvalue weighted by Crippen LogP contribution is -2.47. The minimum atomic E-state index is -0.440. The largest absolute Gasteiger partial charge is 0.344 e. The van der Waals surface area contributed by atoms with Crippen molar-refractivity contribution in [3.05, 3.63) is 0 Å². The molecule has 2 unspecified atom stereocenters. The van der Waals surface area contributed by atoms with Gasteiger partial charge < -0.3 is 10.2 Å².